The molecule has 0 aromatic heterocycles. The maximum atomic E-state index is 11.3. The van der Waals surface area contributed by atoms with Crippen molar-refractivity contribution < 1.29 is 14.3 Å². The SMILES string of the molecule is COc1ccc2c(c1)C(=O)OC2C. The Morgan fingerprint density at radius 2 is 2.23 bits per heavy atom. The molecule has 1 aromatic rings. The average Bonchev–Trinajstić information content (AvgIpc) is 2.42. The molecule has 0 aliphatic carbocycles. The molecule has 0 saturated heterocycles. The Hall–Kier alpha value is -1.51. The highest BCUT2D eigenvalue weighted by Gasteiger charge is 2.27. The topological polar surface area (TPSA) is 35.5 Å². The lowest BCUT2D eigenvalue weighted by Gasteiger charge is -2.02. The highest BCUT2D eigenvalue weighted by molar-refractivity contribution is 5.94. The van der Waals surface area contributed by atoms with Gasteiger partial charge in [0.2, 0.25) is 0 Å². The van der Waals surface area contributed by atoms with Gasteiger partial charge in [0.05, 0.1) is 12.7 Å². The van der Waals surface area contributed by atoms with Gasteiger partial charge in [0, 0.05) is 5.56 Å². The van der Waals surface area contributed by atoms with Crippen molar-refractivity contribution in [3.05, 3.63) is 29.3 Å². The Bertz CT molecular complexity index is 357. The van der Waals surface area contributed by atoms with Crippen LogP contribution in [0.5, 0.6) is 5.75 Å². The maximum absolute atomic E-state index is 11.3. The van der Waals surface area contributed by atoms with E-state index in [0.29, 0.717) is 11.3 Å². The quantitative estimate of drug-likeness (QED) is 0.616. The summed E-state index contributed by atoms with van der Waals surface area (Å²) in [5, 5.41) is 0. The third kappa shape index (κ3) is 1.16. The molecule has 13 heavy (non-hydrogen) atoms. The van der Waals surface area contributed by atoms with Gasteiger partial charge in [-0.15, -0.1) is 0 Å². The van der Waals surface area contributed by atoms with Gasteiger partial charge in [-0.2, -0.15) is 0 Å². The van der Waals surface area contributed by atoms with E-state index in [9.17, 15) is 4.79 Å². The molecule has 0 N–H and O–H groups in total. The highest BCUT2D eigenvalue weighted by atomic mass is 16.5. The smallest absolute Gasteiger partial charge is 0.339 e. The molecule has 68 valence electrons. The van der Waals surface area contributed by atoms with Crippen molar-refractivity contribution in [3.8, 4) is 5.75 Å². The van der Waals surface area contributed by atoms with Crippen molar-refractivity contribution in [3.63, 3.8) is 0 Å². The van der Waals surface area contributed by atoms with Crippen LogP contribution in [0.15, 0.2) is 18.2 Å². The fourth-order valence-corrected chi connectivity index (χ4v) is 1.48. The Morgan fingerprint density at radius 1 is 1.46 bits per heavy atom. The summed E-state index contributed by atoms with van der Waals surface area (Å²) in [6, 6.07) is 5.40. The van der Waals surface area contributed by atoms with Gasteiger partial charge < -0.3 is 9.47 Å². The number of ether oxygens (including phenoxy) is 2. The lowest BCUT2D eigenvalue weighted by atomic mass is 10.1. The molecule has 0 amide bonds. The monoisotopic (exact) mass is 178 g/mol. The van der Waals surface area contributed by atoms with Crippen LogP contribution in [0.4, 0.5) is 0 Å². The number of carbonyl (C=O) groups excluding carboxylic acids is 1. The van der Waals surface area contributed by atoms with E-state index in [1.807, 2.05) is 19.1 Å². The van der Waals surface area contributed by atoms with Gasteiger partial charge in [-0.25, -0.2) is 4.79 Å². The maximum Gasteiger partial charge on any atom is 0.339 e. The molecule has 0 spiro atoms. The molecule has 1 atom stereocenters. The van der Waals surface area contributed by atoms with Crippen LogP contribution in [0.25, 0.3) is 0 Å². The van der Waals surface area contributed by atoms with Crippen LogP contribution in [0, 0.1) is 0 Å². The number of hydrogen-bond acceptors (Lipinski definition) is 3. The first-order valence-electron chi connectivity index (χ1n) is 4.11. The van der Waals surface area contributed by atoms with Gasteiger partial charge in [-0.3, -0.25) is 0 Å². The van der Waals surface area contributed by atoms with Gasteiger partial charge in [-0.1, -0.05) is 6.07 Å². The van der Waals surface area contributed by atoms with Crippen molar-refractivity contribution in [1.29, 1.82) is 0 Å². The fraction of sp³-hybridized carbons (Fsp3) is 0.300. The van der Waals surface area contributed by atoms with E-state index in [-0.39, 0.29) is 12.1 Å². The largest absolute Gasteiger partial charge is 0.497 e. The average molecular weight is 178 g/mol. The minimum absolute atomic E-state index is 0.131. The first kappa shape index (κ1) is 8.10. The van der Waals surface area contributed by atoms with Crippen LogP contribution in [0.2, 0.25) is 0 Å². The van der Waals surface area contributed by atoms with Crippen molar-refractivity contribution in [2.45, 2.75) is 13.0 Å². The third-order valence-electron chi connectivity index (χ3n) is 2.20. The molecule has 3 heteroatoms. The molecular formula is C10H10O3. The molecule has 1 aliphatic rings. The predicted molar refractivity (Wildman–Crippen MR) is 46.8 cm³/mol. The molecule has 0 saturated carbocycles. The number of fused-ring (bicyclic) bond motifs is 1. The Balaban J connectivity index is 2.52. The number of benzene rings is 1. The minimum Gasteiger partial charge on any atom is -0.497 e. The zero-order valence-corrected chi connectivity index (χ0v) is 7.53. The summed E-state index contributed by atoms with van der Waals surface area (Å²) in [5.74, 6) is 0.422. The van der Waals surface area contributed by atoms with Crippen LogP contribution in [0.3, 0.4) is 0 Å². The predicted octanol–water partition coefficient (Wildman–Crippen LogP) is 1.93. The number of methoxy groups -OCH3 is 1. The summed E-state index contributed by atoms with van der Waals surface area (Å²) in [7, 11) is 1.57. The van der Waals surface area contributed by atoms with Gasteiger partial charge in [0.15, 0.2) is 0 Å². The normalized spacial score (nSPS) is 19.5. The molecule has 1 heterocycles. The van der Waals surface area contributed by atoms with E-state index in [2.05, 4.69) is 0 Å². The van der Waals surface area contributed by atoms with Gasteiger partial charge in [-0.05, 0) is 19.1 Å². The summed E-state index contributed by atoms with van der Waals surface area (Å²) in [4.78, 5) is 11.3. The van der Waals surface area contributed by atoms with Crippen molar-refractivity contribution in [1.82, 2.24) is 0 Å². The van der Waals surface area contributed by atoms with E-state index in [1.165, 1.54) is 0 Å². The lowest BCUT2D eigenvalue weighted by Crippen LogP contribution is -1.94. The Morgan fingerprint density at radius 3 is 2.92 bits per heavy atom. The van der Waals surface area contributed by atoms with Crippen LogP contribution in [-0.4, -0.2) is 13.1 Å². The summed E-state index contributed by atoms with van der Waals surface area (Å²) in [6.45, 7) is 1.86. The third-order valence-corrected chi connectivity index (χ3v) is 2.20. The molecule has 3 nitrogen and oxygen atoms in total. The van der Waals surface area contributed by atoms with Crippen LogP contribution < -0.4 is 4.74 Å². The molecule has 0 bridgehead atoms. The van der Waals surface area contributed by atoms with E-state index in [0.717, 1.165) is 5.56 Å². The number of carbonyl (C=O) groups is 1. The summed E-state index contributed by atoms with van der Waals surface area (Å²) in [5.41, 5.74) is 1.55. The molecule has 1 unspecified atom stereocenters. The van der Waals surface area contributed by atoms with Gasteiger partial charge >= 0.3 is 5.97 Å². The zero-order valence-electron chi connectivity index (χ0n) is 7.53. The van der Waals surface area contributed by atoms with Gasteiger partial charge in [0.1, 0.15) is 11.9 Å². The first-order valence-corrected chi connectivity index (χ1v) is 4.11. The second-order valence-electron chi connectivity index (χ2n) is 3.00. The van der Waals surface area contributed by atoms with Crippen LogP contribution in [-0.2, 0) is 4.74 Å². The first-order chi connectivity index (χ1) is 6.22. The molecule has 0 radical (unpaired) electrons. The summed E-state index contributed by atoms with van der Waals surface area (Å²) < 4.78 is 10.1. The zero-order chi connectivity index (χ0) is 9.42. The van der Waals surface area contributed by atoms with Gasteiger partial charge in [0.25, 0.3) is 0 Å². The number of esters is 1. The second-order valence-corrected chi connectivity index (χ2v) is 3.00. The number of cyclic esters (lactones) is 1. The van der Waals surface area contributed by atoms with Crippen molar-refractivity contribution >= 4 is 5.97 Å². The minimum atomic E-state index is -0.263. The molecule has 0 fully saturated rings. The van der Waals surface area contributed by atoms with Crippen molar-refractivity contribution in [2.24, 2.45) is 0 Å². The molecule has 1 aliphatic heterocycles. The van der Waals surface area contributed by atoms with E-state index >= 15 is 0 Å². The van der Waals surface area contributed by atoms with E-state index in [1.54, 1.807) is 13.2 Å². The number of rotatable bonds is 1. The molecular weight excluding hydrogens is 168 g/mol. The lowest BCUT2D eigenvalue weighted by molar-refractivity contribution is 0.0421. The molecule has 1 aromatic carbocycles. The summed E-state index contributed by atoms with van der Waals surface area (Å²) >= 11 is 0. The number of hydrogen-bond donors (Lipinski definition) is 0. The van der Waals surface area contributed by atoms with Crippen LogP contribution in [0.1, 0.15) is 28.9 Å². The van der Waals surface area contributed by atoms with Crippen molar-refractivity contribution in [2.75, 3.05) is 7.11 Å². The Labute approximate surface area is 76.3 Å². The summed E-state index contributed by atoms with van der Waals surface area (Å²) in [6.07, 6.45) is -0.131. The second kappa shape index (κ2) is 2.76. The Kier molecular flexibility index (Phi) is 1.72. The van der Waals surface area contributed by atoms with E-state index < -0.39 is 0 Å². The highest BCUT2D eigenvalue weighted by Crippen LogP contribution is 2.32. The van der Waals surface area contributed by atoms with Crippen LogP contribution >= 0.6 is 0 Å². The standard InChI is InChI=1S/C10H10O3/c1-6-8-4-3-7(12-2)5-9(8)10(11)13-6/h3-6H,1-2H3. The van der Waals surface area contributed by atoms with E-state index in [4.69, 9.17) is 9.47 Å². The fourth-order valence-electron chi connectivity index (χ4n) is 1.48. The molecule has 2 rings (SSSR count).